The molecule has 0 aliphatic carbocycles. The van der Waals surface area contributed by atoms with Crippen LogP contribution in [0.5, 0.6) is 0 Å². The van der Waals surface area contributed by atoms with Crippen molar-refractivity contribution in [3.63, 3.8) is 0 Å². The summed E-state index contributed by atoms with van der Waals surface area (Å²) in [5.74, 6) is -0.0881. The van der Waals surface area contributed by atoms with Crippen LogP contribution in [0.4, 0.5) is 0 Å². The van der Waals surface area contributed by atoms with Crippen LogP contribution in [0.2, 0.25) is 0 Å². The van der Waals surface area contributed by atoms with Crippen LogP contribution in [0.3, 0.4) is 0 Å². The van der Waals surface area contributed by atoms with E-state index in [2.05, 4.69) is 6.58 Å². The molecule has 0 aromatic heterocycles. The second-order valence-electron chi connectivity index (χ2n) is 4.49. The minimum absolute atomic E-state index is 0.0881. The standard InChI is InChI=1S/C11H20N2O2/c1-3-5-9(12)10(14)13-7-4-6-11(2,15)8-13/h3,9,15H,1,4-8,12H2,2H3. The Kier molecular flexibility index (Phi) is 3.88. The van der Waals surface area contributed by atoms with Crippen molar-refractivity contribution in [2.24, 2.45) is 5.73 Å². The molecule has 0 aromatic rings. The van der Waals surface area contributed by atoms with Gasteiger partial charge in [0.15, 0.2) is 0 Å². The highest BCUT2D eigenvalue weighted by Crippen LogP contribution is 2.20. The third-order valence-corrected chi connectivity index (χ3v) is 2.72. The van der Waals surface area contributed by atoms with Gasteiger partial charge < -0.3 is 15.7 Å². The molecule has 0 aromatic carbocycles. The van der Waals surface area contributed by atoms with E-state index < -0.39 is 11.6 Å². The van der Waals surface area contributed by atoms with Gasteiger partial charge in [-0.1, -0.05) is 6.08 Å². The van der Waals surface area contributed by atoms with Gasteiger partial charge in [0.05, 0.1) is 11.6 Å². The normalized spacial score (nSPS) is 28.6. The Hall–Kier alpha value is -0.870. The third kappa shape index (κ3) is 3.32. The number of amides is 1. The lowest BCUT2D eigenvalue weighted by Crippen LogP contribution is -2.53. The van der Waals surface area contributed by atoms with Crippen LogP contribution < -0.4 is 5.73 Å². The Labute approximate surface area is 90.7 Å². The molecule has 0 saturated carbocycles. The van der Waals surface area contributed by atoms with Crippen LogP contribution in [0, 0.1) is 0 Å². The summed E-state index contributed by atoms with van der Waals surface area (Å²) in [6.07, 6.45) is 3.70. The number of hydrogen-bond donors (Lipinski definition) is 2. The molecular formula is C11H20N2O2. The maximum Gasteiger partial charge on any atom is 0.239 e. The minimum atomic E-state index is -0.762. The summed E-state index contributed by atoms with van der Waals surface area (Å²) in [4.78, 5) is 13.5. The summed E-state index contributed by atoms with van der Waals surface area (Å²) in [5.41, 5.74) is 4.94. The molecular weight excluding hydrogens is 192 g/mol. The van der Waals surface area contributed by atoms with Crippen molar-refractivity contribution in [1.29, 1.82) is 0 Å². The Morgan fingerprint density at radius 1 is 1.80 bits per heavy atom. The van der Waals surface area contributed by atoms with Gasteiger partial charge in [0.2, 0.25) is 5.91 Å². The molecule has 1 aliphatic heterocycles. The molecule has 15 heavy (non-hydrogen) atoms. The fourth-order valence-corrected chi connectivity index (χ4v) is 1.92. The lowest BCUT2D eigenvalue weighted by molar-refractivity contribution is -0.138. The summed E-state index contributed by atoms with van der Waals surface area (Å²) in [6.45, 7) is 6.39. The van der Waals surface area contributed by atoms with E-state index in [1.807, 2.05) is 0 Å². The van der Waals surface area contributed by atoms with Crippen molar-refractivity contribution >= 4 is 5.91 Å². The lowest BCUT2D eigenvalue weighted by Gasteiger charge is -2.37. The summed E-state index contributed by atoms with van der Waals surface area (Å²) >= 11 is 0. The SMILES string of the molecule is C=CCC(N)C(=O)N1CCCC(C)(O)C1. The highest BCUT2D eigenvalue weighted by atomic mass is 16.3. The number of nitrogens with zero attached hydrogens (tertiary/aromatic N) is 1. The Bertz CT molecular complexity index is 251. The molecule has 2 unspecified atom stereocenters. The van der Waals surface area contributed by atoms with E-state index in [0.29, 0.717) is 19.5 Å². The van der Waals surface area contributed by atoms with Crippen molar-refractivity contribution in [3.05, 3.63) is 12.7 Å². The molecule has 3 N–H and O–H groups in total. The molecule has 0 spiro atoms. The average molecular weight is 212 g/mol. The number of rotatable bonds is 3. The number of likely N-dealkylation sites (tertiary alicyclic amines) is 1. The molecule has 1 rings (SSSR count). The van der Waals surface area contributed by atoms with Crippen LogP contribution >= 0.6 is 0 Å². The van der Waals surface area contributed by atoms with Crippen LogP contribution in [0.1, 0.15) is 26.2 Å². The number of piperidine rings is 1. The summed E-state index contributed by atoms with van der Waals surface area (Å²) in [7, 11) is 0. The van der Waals surface area contributed by atoms with Gasteiger partial charge in [-0.25, -0.2) is 0 Å². The number of carbonyl (C=O) groups is 1. The molecule has 2 atom stereocenters. The number of hydrogen-bond acceptors (Lipinski definition) is 3. The molecule has 86 valence electrons. The molecule has 1 amide bonds. The van der Waals surface area contributed by atoms with Gasteiger partial charge in [-0.3, -0.25) is 4.79 Å². The Morgan fingerprint density at radius 2 is 2.47 bits per heavy atom. The van der Waals surface area contributed by atoms with Crippen molar-refractivity contribution in [1.82, 2.24) is 4.90 Å². The van der Waals surface area contributed by atoms with Gasteiger partial charge in [-0.05, 0) is 26.2 Å². The van der Waals surface area contributed by atoms with E-state index >= 15 is 0 Å². The van der Waals surface area contributed by atoms with E-state index in [-0.39, 0.29) is 5.91 Å². The zero-order valence-corrected chi connectivity index (χ0v) is 9.28. The Morgan fingerprint density at radius 3 is 3.00 bits per heavy atom. The van der Waals surface area contributed by atoms with Gasteiger partial charge in [-0.15, -0.1) is 6.58 Å². The predicted octanol–water partition coefficient (Wildman–Crippen LogP) is 0.263. The second-order valence-corrected chi connectivity index (χ2v) is 4.49. The molecule has 4 nitrogen and oxygen atoms in total. The number of aliphatic hydroxyl groups is 1. The van der Waals surface area contributed by atoms with E-state index in [0.717, 1.165) is 12.8 Å². The average Bonchev–Trinajstić information content (AvgIpc) is 2.15. The third-order valence-electron chi connectivity index (χ3n) is 2.72. The zero-order valence-electron chi connectivity index (χ0n) is 9.28. The van der Waals surface area contributed by atoms with Crippen LogP contribution in [0.25, 0.3) is 0 Å². The quantitative estimate of drug-likeness (QED) is 0.660. The first-order chi connectivity index (χ1) is 6.96. The van der Waals surface area contributed by atoms with E-state index in [4.69, 9.17) is 5.73 Å². The maximum absolute atomic E-state index is 11.8. The fourth-order valence-electron chi connectivity index (χ4n) is 1.92. The largest absolute Gasteiger partial charge is 0.388 e. The second kappa shape index (κ2) is 4.77. The smallest absolute Gasteiger partial charge is 0.239 e. The summed E-state index contributed by atoms with van der Waals surface area (Å²) in [6, 6.07) is -0.517. The van der Waals surface area contributed by atoms with E-state index in [1.165, 1.54) is 0 Å². The van der Waals surface area contributed by atoms with Gasteiger partial charge in [-0.2, -0.15) is 0 Å². The number of β-amino-alcohol motifs (C(OH)–C–C–N with tert-alkyl or cyclic N) is 1. The first-order valence-electron chi connectivity index (χ1n) is 5.34. The van der Waals surface area contributed by atoms with Crippen molar-refractivity contribution in [2.45, 2.75) is 37.8 Å². The van der Waals surface area contributed by atoms with Crippen LogP contribution in [0.15, 0.2) is 12.7 Å². The number of nitrogens with two attached hydrogens (primary N) is 1. The molecule has 0 bridgehead atoms. The lowest BCUT2D eigenvalue weighted by atomic mass is 9.94. The van der Waals surface area contributed by atoms with Gasteiger partial charge >= 0.3 is 0 Å². The predicted molar refractivity (Wildman–Crippen MR) is 59.2 cm³/mol. The van der Waals surface area contributed by atoms with Gasteiger partial charge in [0, 0.05) is 13.1 Å². The van der Waals surface area contributed by atoms with E-state index in [1.54, 1.807) is 17.9 Å². The minimum Gasteiger partial charge on any atom is -0.388 e. The summed E-state index contributed by atoms with van der Waals surface area (Å²) in [5, 5.41) is 9.85. The highest BCUT2D eigenvalue weighted by molar-refractivity contribution is 5.82. The molecule has 1 aliphatic rings. The maximum atomic E-state index is 11.8. The summed E-state index contributed by atoms with van der Waals surface area (Å²) < 4.78 is 0. The van der Waals surface area contributed by atoms with Crippen molar-refractivity contribution < 1.29 is 9.90 Å². The highest BCUT2D eigenvalue weighted by Gasteiger charge is 2.32. The molecule has 0 radical (unpaired) electrons. The molecule has 1 fully saturated rings. The first-order valence-corrected chi connectivity index (χ1v) is 5.34. The topological polar surface area (TPSA) is 66.6 Å². The Balaban J connectivity index is 2.56. The molecule has 1 saturated heterocycles. The zero-order chi connectivity index (χ0) is 11.5. The first kappa shape index (κ1) is 12.2. The van der Waals surface area contributed by atoms with Gasteiger partial charge in [0.25, 0.3) is 0 Å². The van der Waals surface area contributed by atoms with Gasteiger partial charge in [0.1, 0.15) is 0 Å². The number of carbonyl (C=O) groups excluding carboxylic acids is 1. The van der Waals surface area contributed by atoms with E-state index in [9.17, 15) is 9.90 Å². The van der Waals surface area contributed by atoms with Crippen molar-refractivity contribution in [3.8, 4) is 0 Å². The van der Waals surface area contributed by atoms with Crippen molar-refractivity contribution in [2.75, 3.05) is 13.1 Å². The molecule has 4 heteroatoms. The van der Waals surface area contributed by atoms with Crippen LogP contribution in [-0.2, 0) is 4.79 Å². The monoisotopic (exact) mass is 212 g/mol. The fraction of sp³-hybridized carbons (Fsp3) is 0.727. The van der Waals surface area contributed by atoms with Crippen LogP contribution in [-0.4, -0.2) is 40.6 Å². The molecule has 1 heterocycles.